The number of hydrogen-bond acceptors (Lipinski definition) is 3. The van der Waals surface area contributed by atoms with Gasteiger partial charge in [-0.15, -0.1) is 0 Å². The molecule has 3 fully saturated rings. The van der Waals surface area contributed by atoms with Gasteiger partial charge in [-0.3, -0.25) is 9.59 Å². The van der Waals surface area contributed by atoms with Crippen LogP contribution in [0.2, 0.25) is 0 Å². The first kappa shape index (κ1) is 19.3. The number of benzene rings is 1. The van der Waals surface area contributed by atoms with Crippen LogP contribution in [0, 0.1) is 5.92 Å². The van der Waals surface area contributed by atoms with Crippen molar-refractivity contribution < 1.29 is 9.59 Å². The maximum atomic E-state index is 13.2. The largest absolute Gasteiger partial charge is 0.371 e. The number of nitrogens with one attached hydrogen (secondary N) is 1. The van der Waals surface area contributed by atoms with E-state index in [1.54, 1.807) is 0 Å². The molecule has 0 bridgehead atoms. The summed E-state index contributed by atoms with van der Waals surface area (Å²) in [6.45, 7) is 3.70. The van der Waals surface area contributed by atoms with Crippen LogP contribution in [-0.2, 0) is 4.79 Å². The molecule has 2 aliphatic heterocycles. The van der Waals surface area contributed by atoms with Gasteiger partial charge in [0.15, 0.2) is 0 Å². The van der Waals surface area contributed by atoms with Crippen molar-refractivity contribution >= 4 is 23.2 Å². The van der Waals surface area contributed by atoms with Gasteiger partial charge in [0, 0.05) is 43.5 Å². The van der Waals surface area contributed by atoms with Crippen molar-refractivity contribution in [3.05, 3.63) is 23.8 Å². The van der Waals surface area contributed by atoms with Crippen molar-refractivity contribution in [1.82, 2.24) is 4.90 Å². The number of nitrogens with zero attached hydrogens (tertiary/aromatic N) is 2. The quantitative estimate of drug-likeness (QED) is 0.837. The highest BCUT2D eigenvalue weighted by atomic mass is 16.2. The molecule has 1 aliphatic carbocycles. The molecule has 2 saturated heterocycles. The molecule has 0 unspecified atom stereocenters. The van der Waals surface area contributed by atoms with Gasteiger partial charge in [-0.2, -0.15) is 0 Å². The maximum absolute atomic E-state index is 13.2. The van der Waals surface area contributed by atoms with Crippen LogP contribution in [0.3, 0.4) is 0 Å². The third-order valence-electron chi connectivity index (χ3n) is 6.56. The molecule has 0 radical (unpaired) electrons. The second-order valence-electron chi connectivity index (χ2n) is 8.60. The maximum Gasteiger partial charge on any atom is 0.256 e. The van der Waals surface area contributed by atoms with E-state index in [1.807, 2.05) is 23.1 Å². The van der Waals surface area contributed by atoms with Gasteiger partial charge < -0.3 is 15.1 Å². The van der Waals surface area contributed by atoms with Crippen LogP contribution < -0.4 is 10.2 Å². The van der Waals surface area contributed by atoms with Crippen LogP contribution in [0.25, 0.3) is 0 Å². The van der Waals surface area contributed by atoms with Crippen molar-refractivity contribution in [3.63, 3.8) is 0 Å². The van der Waals surface area contributed by atoms with E-state index in [0.29, 0.717) is 0 Å². The van der Waals surface area contributed by atoms with E-state index in [1.165, 1.54) is 25.7 Å². The minimum atomic E-state index is 0.116. The second-order valence-corrected chi connectivity index (χ2v) is 8.60. The Morgan fingerprint density at radius 3 is 2.18 bits per heavy atom. The highest BCUT2D eigenvalue weighted by Gasteiger charge is 2.26. The van der Waals surface area contributed by atoms with Crippen molar-refractivity contribution in [1.29, 1.82) is 0 Å². The van der Waals surface area contributed by atoms with E-state index in [-0.39, 0.29) is 17.7 Å². The summed E-state index contributed by atoms with van der Waals surface area (Å²) in [6, 6.07) is 5.95. The van der Waals surface area contributed by atoms with E-state index in [9.17, 15) is 9.59 Å². The topological polar surface area (TPSA) is 52.7 Å². The lowest BCUT2D eigenvalue weighted by atomic mass is 9.88. The number of piperidine rings is 1. The Bertz CT molecular complexity index is 700. The van der Waals surface area contributed by atoms with Crippen LogP contribution in [0.15, 0.2) is 18.2 Å². The number of amides is 2. The third-order valence-corrected chi connectivity index (χ3v) is 6.56. The molecule has 2 amide bonds. The molecule has 2 heterocycles. The summed E-state index contributed by atoms with van der Waals surface area (Å²) in [5.41, 5.74) is 2.55. The van der Waals surface area contributed by atoms with Gasteiger partial charge in [-0.05, 0) is 63.1 Å². The van der Waals surface area contributed by atoms with E-state index in [4.69, 9.17) is 0 Å². The van der Waals surface area contributed by atoms with Gasteiger partial charge >= 0.3 is 0 Å². The molecule has 4 rings (SSSR count). The fourth-order valence-electron chi connectivity index (χ4n) is 4.90. The SMILES string of the molecule is O=C(Nc1ccc(N2CCCCC2)c(C(=O)N2CCCC2)c1)C1CCCCC1. The summed E-state index contributed by atoms with van der Waals surface area (Å²) >= 11 is 0. The number of rotatable bonds is 4. The van der Waals surface area contributed by atoms with Crippen molar-refractivity contribution in [2.45, 2.75) is 64.2 Å². The lowest BCUT2D eigenvalue weighted by Gasteiger charge is -2.31. The van der Waals surface area contributed by atoms with Gasteiger partial charge in [0.1, 0.15) is 0 Å². The number of hydrogen-bond donors (Lipinski definition) is 1. The Morgan fingerprint density at radius 1 is 0.821 bits per heavy atom. The predicted octanol–water partition coefficient (Wildman–Crippen LogP) is 4.43. The van der Waals surface area contributed by atoms with Crippen LogP contribution >= 0.6 is 0 Å². The minimum Gasteiger partial charge on any atom is -0.371 e. The smallest absolute Gasteiger partial charge is 0.256 e. The van der Waals surface area contributed by atoms with Gasteiger partial charge in [0.2, 0.25) is 5.91 Å². The molecule has 1 aromatic rings. The Kier molecular flexibility index (Phi) is 6.18. The van der Waals surface area contributed by atoms with E-state index in [2.05, 4.69) is 10.2 Å². The zero-order chi connectivity index (χ0) is 19.3. The molecule has 5 heteroatoms. The first-order valence-corrected chi connectivity index (χ1v) is 11.2. The number of carbonyl (C=O) groups excluding carboxylic acids is 2. The van der Waals surface area contributed by atoms with E-state index < -0.39 is 0 Å². The highest BCUT2D eigenvalue weighted by Crippen LogP contribution is 2.30. The molecule has 1 aromatic carbocycles. The van der Waals surface area contributed by atoms with Crippen LogP contribution in [-0.4, -0.2) is 42.9 Å². The number of carbonyl (C=O) groups is 2. The summed E-state index contributed by atoms with van der Waals surface area (Å²) in [5, 5.41) is 3.10. The Hall–Kier alpha value is -2.04. The predicted molar refractivity (Wildman–Crippen MR) is 113 cm³/mol. The zero-order valence-electron chi connectivity index (χ0n) is 16.9. The lowest BCUT2D eigenvalue weighted by Crippen LogP contribution is -2.34. The fourth-order valence-corrected chi connectivity index (χ4v) is 4.90. The van der Waals surface area contributed by atoms with E-state index in [0.717, 1.165) is 81.6 Å². The van der Waals surface area contributed by atoms with Gasteiger partial charge in [-0.1, -0.05) is 19.3 Å². The molecule has 1 saturated carbocycles. The van der Waals surface area contributed by atoms with Crippen molar-refractivity contribution in [2.75, 3.05) is 36.4 Å². The van der Waals surface area contributed by atoms with Crippen LogP contribution in [0.5, 0.6) is 0 Å². The number of likely N-dealkylation sites (tertiary alicyclic amines) is 1. The summed E-state index contributed by atoms with van der Waals surface area (Å²) in [7, 11) is 0. The van der Waals surface area contributed by atoms with Crippen molar-refractivity contribution in [3.8, 4) is 0 Å². The summed E-state index contributed by atoms with van der Waals surface area (Å²) in [5.74, 6) is 0.352. The molecular weight excluding hydrogens is 350 g/mol. The first-order chi connectivity index (χ1) is 13.7. The Labute approximate surface area is 168 Å². The molecule has 0 spiro atoms. The summed E-state index contributed by atoms with van der Waals surface area (Å²) in [4.78, 5) is 30.2. The minimum absolute atomic E-state index is 0.116. The third kappa shape index (κ3) is 4.34. The first-order valence-electron chi connectivity index (χ1n) is 11.2. The van der Waals surface area contributed by atoms with Crippen LogP contribution in [0.4, 0.5) is 11.4 Å². The lowest BCUT2D eigenvalue weighted by molar-refractivity contribution is -0.120. The summed E-state index contributed by atoms with van der Waals surface area (Å²) < 4.78 is 0. The Morgan fingerprint density at radius 2 is 1.46 bits per heavy atom. The normalized spacial score (nSPS) is 21.0. The average Bonchev–Trinajstić information content (AvgIpc) is 3.29. The molecule has 0 aromatic heterocycles. The van der Waals surface area contributed by atoms with E-state index >= 15 is 0 Å². The molecule has 5 nitrogen and oxygen atoms in total. The van der Waals surface area contributed by atoms with Gasteiger partial charge in [-0.25, -0.2) is 0 Å². The molecular formula is C23H33N3O2. The van der Waals surface area contributed by atoms with Gasteiger partial charge in [0.25, 0.3) is 5.91 Å². The Balaban J connectivity index is 1.56. The second kappa shape index (κ2) is 8.97. The van der Waals surface area contributed by atoms with Crippen LogP contribution in [0.1, 0.15) is 74.6 Å². The number of anilines is 2. The highest BCUT2D eigenvalue weighted by molar-refractivity contribution is 6.02. The molecule has 28 heavy (non-hydrogen) atoms. The standard InChI is InChI=1S/C23H33N3O2/c27-22(18-9-3-1-4-10-18)24-19-11-12-21(25-13-5-2-6-14-25)20(17-19)23(28)26-15-7-8-16-26/h11-12,17-18H,1-10,13-16H2,(H,24,27). The van der Waals surface area contributed by atoms with Gasteiger partial charge in [0.05, 0.1) is 5.56 Å². The average molecular weight is 384 g/mol. The molecule has 0 atom stereocenters. The summed E-state index contributed by atoms with van der Waals surface area (Å²) in [6.07, 6.45) is 11.3. The zero-order valence-corrected chi connectivity index (χ0v) is 16.9. The molecule has 3 aliphatic rings. The monoisotopic (exact) mass is 383 g/mol. The van der Waals surface area contributed by atoms with Crippen molar-refractivity contribution in [2.24, 2.45) is 5.92 Å². The molecule has 152 valence electrons. The fraction of sp³-hybridized carbons (Fsp3) is 0.652. The molecule has 1 N–H and O–H groups in total.